The van der Waals surface area contributed by atoms with Crippen LogP contribution in [0.2, 0.25) is 0 Å². The first-order valence-electron chi connectivity index (χ1n) is 13.0. The van der Waals surface area contributed by atoms with Gasteiger partial charge in [0.2, 0.25) is 5.67 Å². The number of piperidine rings is 2. The van der Waals surface area contributed by atoms with Gasteiger partial charge in [0.05, 0.1) is 5.56 Å². The summed E-state index contributed by atoms with van der Waals surface area (Å²) in [6.07, 6.45) is -1.92. The van der Waals surface area contributed by atoms with Crippen LogP contribution >= 0.6 is 0 Å². The zero-order chi connectivity index (χ0) is 25.3. The quantitative estimate of drug-likeness (QED) is 0.531. The molecule has 1 amide bonds. The van der Waals surface area contributed by atoms with E-state index in [1.54, 1.807) is 11.0 Å². The van der Waals surface area contributed by atoms with Crippen LogP contribution in [0.1, 0.15) is 64.0 Å². The SMILES string of the molecule is C[C@@H]1CN(C(C)(C)C)C[C@@]1(F)C(=O)N1CCC(c2ccc(C(F)(F)F)cc2N2CC3CC3C2)CC1. The highest BCUT2D eigenvalue weighted by molar-refractivity contribution is 5.86. The Morgan fingerprint density at radius 2 is 1.66 bits per heavy atom. The summed E-state index contributed by atoms with van der Waals surface area (Å²) in [5.74, 6) is 0.478. The van der Waals surface area contributed by atoms with Crippen molar-refractivity contribution in [1.29, 1.82) is 0 Å². The topological polar surface area (TPSA) is 26.8 Å². The Morgan fingerprint density at radius 3 is 2.20 bits per heavy atom. The molecule has 1 aromatic carbocycles. The molecule has 1 aromatic rings. The van der Waals surface area contributed by atoms with Crippen molar-refractivity contribution in [2.45, 2.75) is 70.3 Å². The minimum Gasteiger partial charge on any atom is -0.371 e. The smallest absolute Gasteiger partial charge is 0.371 e. The van der Waals surface area contributed by atoms with Gasteiger partial charge in [-0.25, -0.2) is 4.39 Å². The number of likely N-dealkylation sites (tertiary alicyclic amines) is 2. The summed E-state index contributed by atoms with van der Waals surface area (Å²) in [6.45, 7) is 11.1. The monoisotopic (exact) mass is 495 g/mol. The van der Waals surface area contributed by atoms with Crippen LogP contribution in [-0.4, -0.2) is 66.2 Å². The summed E-state index contributed by atoms with van der Waals surface area (Å²) in [6, 6.07) is 4.14. The molecular formula is C27H37F4N3O. The Labute approximate surface area is 205 Å². The fourth-order valence-corrected chi connectivity index (χ4v) is 6.35. The number of rotatable bonds is 3. The van der Waals surface area contributed by atoms with Crippen molar-refractivity contribution in [1.82, 2.24) is 9.80 Å². The summed E-state index contributed by atoms with van der Waals surface area (Å²) in [4.78, 5) is 19.1. The second-order valence-corrected chi connectivity index (χ2v) is 12.3. The molecule has 8 heteroatoms. The molecule has 4 fully saturated rings. The number of nitrogens with zero attached hydrogens (tertiary/aromatic N) is 3. The van der Waals surface area contributed by atoms with E-state index in [-0.39, 0.29) is 23.9 Å². The van der Waals surface area contributed by atoms with Gasteiger partial charge >= 0.3 is 6.18 Å². The van der Waals surface area contributed by atoms with Gasteiger partial charge in [0.15, 0.2) is 0 Å². The van der Waals surface area contributed by atoms with Gasteiger partial charge in [-0.3, -0.25) is 9.69 Å². The second kappa shape index (κ2) is 8.35. The third-order valence-corrected chi connectivity index (χ3v) is 8.90. The number of hydrogen-bond acceptors (Lipinski definition) is 3. The number of amides is 1. The average molecular weight is 496 g/mol. The molecule has 5 rings (SSSR count). The zero-order valence-electron chi connectivity index (χ0n) is 21.2. The highest BCUT2D eigenvalue weighted by Crippen LogP contribution is 2.49. The average Bonchev–Trinajstić information content (AvgIpc) is 3.26. The zero-order valence-corrected chi connectivity index (χ0v) is 21.2. The maximum Gasteiger partial charge on any atom is 0.416 e. The molecule has 3 aliphatic heterocycles. The highest BCUT2D eigenvalue weighted by Gasteiger charge is 2.54. The summed E-state index contributed by atoms with van der Waals surface area (Å²) < 4.78 is 56.4. The van der Waals surface area contributed by atoms with Crippen LogP contribution < -0.4 is 4.90 Å². The van der Waals surface area contributed by atoms with Crippen LogP contribution in [0.3, 0.4) is 0 Å². The Bertz CT molecular complexity index is 972. The van der Waals surface area contributed by atoms with Crippen molar-refractivity contribution < 1.29 is 22.4 Å². The first-order valence-corrected chi connectivity index (χ1v) is 13.0. The molecule has 4 atom stereocenters. The van der Waals surface area contributed by atoms with E-state index in [0.29, 0.717) is 50.0 Å². The number of hydrogen-bond donors (Lipinski definition) is 0. The summed E-state index contributed by atoms with van der Waals surface area (Å²) in [7, 11) is 0. The number of carbonyl (C=O) groups excluding carboxylic acids is 1. The van der Waals surface area contributed by atoms with Gasteiger partial charge in [-0.2, -0.15) is 13.2 Å². The van der Waals surface area contributed by atoms with E-state index in [4.69, 9.17) is 0 Å². The van der Waals surface area contributed by atoms with E-state index in [9.17, 15) is 18.0 Å². The standard InChI is InChI=1S/C27H37F4N3O/c1-17-13-34(25(2,3)4)16-26(17,28)24(35)32-9-7-18(8-10-32)22-6-5-21(27(29,30)31)12-23(22)33-14-19-11-20(19)15-33/h5-6,12,17-20H,7-11,13-16H2,1-4H3/t17-,19?,20?,26+/m1/s1. The molecule has 35 heavy (non-hydrogen) atoms. The Hall–Kier alpha value is -1.83. The first-order chi connectivity index (χ1) is 16.3. The third-order valence-electron chi connectivity index (χ3n) is 8.90. The maximum absolute atomic E-state index is 16.0. The number of anilines is 1. The lowest BCUT2D eigenvalue weighted by Gasteiger charge is -2.38. The Kier molecular flexibility index (Phi) is 5.93. The minimum absolute atomic E-state index is 0.0656. The van der Waals surface area contributed by atoms with E-state index in [1.807, 2.05) is 32.6 Å². The predicted octanol–water partition coefficient (Wildman–Crippen LogP) is 5.33. The molecule has 3 saturated heterocycles. The number of carbonyl (C=O) groups is 1. The molecule has 4 nitrogen and oxygen atoms in total. The van der Waals surface area contributed by atoms with Crippen molar-refractivity contribution in [2.24, 2.45) is 17.8 Å². The maximum atomic E-state index is 16.0. The summed E-state index contributed by atoms with van der Waals surface area (Å²) in [5, 5.41) is 0. The van der Waals surface area contributed by atoms with E-state index >= 15 is 4.39 Å². The van der Waals surface area contributed by atoms with E-state index in [0.717, 1.165) is 18.7 Å². The van der Waals surface area contributed by atoms with Crippen LogP contribution in [0.15, 0.2) is 18.2 Å². The van der Waals surface area contributed by atoms with E-state index < -0.39 is 23.3 Å². The molecule has 1 aliphatic carbocycles. The van der Waals surface area contributed by atoms with E-state index in [2.05, 4.69) is 4.90 Å². The lowest BCUT2D eigenvalue weighted by Crippen LogP contribution is -2.53. The van der Waals surface area contributed by atoms with Gasteiger partial charge in [-0.1, -0.05) is 13.0 Å². The number of fused-ring (bicyclic) bond motifs is 1. The van der Waals surface area contributed by atoms with Gasteiger partial charge in [-0.15, -0.1) is 0 Å². The number of alkyl halides is 4. The van der Waals surface area contributed by atoms with Crippen LogP contribution in [0.4, 0.5) is 23.2 Å². The van der Waals surface area contributed by atoms with Crippen LogP contribution in [-0.2, 0) is 11.0 Å². The molecule has 194 valence electrons. The van der Waals surface area contributed by atoms with Gasteiger partial charge in [0.1, 0.15) is 0 Å². The number of benzene rings is 1. The van der Waals surface area contributed by atoms with Gasteiger partial charge < -0.3 is 9.80 Å². The number of halogens is 4. The molecule has 0 spiro atoms. The van der Waals surface area contributed by atoms with Gasteiger partial charge in [0, 0.05) is 56.4 Å². The van der Waals surface area contributed by atoms with Crippen LogP contribution in [0.5, 0.6) is 0 Å². The molecule has 0 aromatic heterocycles. The fraction of sp³-hybridized carbons (Fsp3) is 0.741. The van der Waals surface area contributed by atoms with Crippen molar-refractivity contribution in [2.75, 3.05) is 44.2 Å². The summed E-state index contributed by atoms with van der Waals surface area (Å²) >= 11 is 0. The Balaban J connectivity index is 1.30. The molecule has 0 bridgehead atoms. The Morgan fingerprint density at radius 1 is 1.03 bits per heavy atom. The predicted molar refractivity (Wildman–Crippen MR) is 128 cm³/mol. The highest BCUT2D eigenvalue weighted by atomic mass is 19.4. The molecule has 0 radical (unpaired) electrons. The van der Waals surface area contributed by atoms with Crippen molar-refractivity contribution >= 4 is 11.6 Å². The van der Waals surface area contributed by atoms with Gasteiger partial charge in [0.25, 0.3) is 5.91 Å². The molecule has 4 aliphatic rings. The van der Waals surface area contributed by atoms with Crippen molar-refractivity contribution in [3.63, 3.8) is 0 Å². The second-order valence-electron chi connectivity index (χ2n) is 12.3. The largest absolute Gasteiger partial charge is 0.416 e. The minimum atomic E-state index is -4.37. The van der Waals surface area contributed by atoms with Crippen molar-refractivity contribution in [3.8, 4) is 0 Å². The molecular weight excluding hydrogens is 458 g/mol. The normalized spacial score (nSPS) is 32.3. The summed E-state index contributed by atoms with van der Waals surface area (Å²) in [5.41, 5.74) is -1.07. The molecule has 3 heterocycles. The van der Waals surface area contributed by atoms with Crippen LogP contribution in [0, 0.1) is 17.8 Å². The molecule has 0 N–H and O–H groups in total. The molecule has 2 unspecified atom stereocenters. The fourth-order valence-electron chi connectivity index (χ4n) is 6.35. The van der Waals surface area contributed by atoms with Crippen molar-refractivity contribution in [3.05, 3.63) is 29.3 Å². The van der Waals surface area contributed by atoms with E-state index in [1.165, 1.54) is 18.6 Å². The third kappa shape index (κ3) is 4.56. The van der Waals surface area contributed by atoms with Gasteiger partial charge in [-0.05, 0) is 75.5 Å². The lowest BCUT2D eigenvalue weighted by molar-refractivity contribution is -0.146. The lowest BCUT2D eigenvalue weighted by atomic mass is 9.85. The van der Waals surface area contributed by atoms with Crippen LogP contribution in [0.25, 0.3) is 0 Å². The molecule has 1 saturated carbocycles. The first kappa shape index (κ1) is 24.8.